The Hall–Kier alpha value is -1.76. The zero-order chi connectivity index (χ0) is 20.9. The lowest BCUT2D eigenvalue weighted by Crippen LogP contribution is -2.27. The van der Waals surface area contributed by atoms with Gasteiger partial charge in [0, 0.05) is 43.3 Å². The van der Waals surface area contributed by atoms with Gasteiger partial charge in [-0.15, -0.1) is 0 Å². The monoisotopic (exact) mass is 429 g/mol. The molecule has 0 atom stereocenters. The first-order valence-electron chi connectivity index (χ1n) is 11.1. The number of aryl methyl sites for hydroxylation is 1. The summed E-state index contributed by atoms with van der Waals surface area (Å²) >= 11 is 6.53. The third-order valence-corrected chi connectivity index (χ3v) is 6.73. The van der Waals surface area contributed by atoms with Crippen LogP contribution in [0.2, 0.25) is 5.02 Å². The van der Waals surface area contributed by atoms with Crippen molar-refractivity contribution in [2.45, 2.75) is 57.9 Å². The van der Waals surface area contributed by atoms with Crippen molar-refractivity contribution < 1.29 is 4.74 Å². The Balaban J connectivity index is 1.49. The number of aromatic nitrogens is 3. The molecule has 0 amide bonds. The summed E-state index contributed by atoms with van der Waals surface area (Å²) in [6.07, 6.45) is 11.3. The lowest BCUT2D eigenvalue weighted by atomic mass is 9.83. The molecule has 1 saturated heterocycles. The van der Waals surface area contributed by atoms with Gasteiger partial charge in [-0.25, -0.2) is 4.98 Å². The standard InChI is InChI=1S/C23H32ClN5O/c1-15-23(29-22(14-26-15)28-12-17-6-8-30-9-7-17)20-11-19(27-13-21(20)24)10-16-2-4-18(25)5-3-16/h11,13-14,16-18H,2-10,12,25H2,1H3,(H,28,29). The highest BCUT2D eigenvalue weighted by Gasteiger charge is 2.20. The predicted octanol–water partition coefficient (Wildman–Crippen LogP) is 4.40. The molecule has 0 unspecified atom stereocenters. The van der Waals surface area contributed by atoms with Gasteiger partial charge in [0.25, 0.3) is 0 Å². The largest absolute Gasteiger partial charge is 0.381 e. The minimum Gasteiger partial charge on any atom is -0.381 e. The van der Waals surface area contributed by atoms with Gasteiger partial charge in [-0.2, -0.15) is 0 Å². The Morgan fingerprint density at radius 3 is 2.60 bits per heavy atom. The normalized spacial score (nSPS) is 22.8. The Morgan fingerprint density at radius 2 is 1.83 bits per heavy atom. The maximum absolute atomic E-state index is 6.53. The molecule has 162 valence electrons. The molecular weight excluding hydrogens is 398 g/mol. The number of hydrogen-bond donors (Lipinski definition) is 2. The van der Waals surface area contributed by atoms with Gasteiger partial charge in [0.1, 0.15) is 5.82 Å². The highest BCUT2D eigenvalue weighted by atomic mass is 35.5. The Bertz CT molecular complexity index is 847. The molecule has 0 spiro atoms. The van der Waals surface area contributed by atoms with E-state index in [1.165, 1.54) is 12.8 Å². The fraction of sp³-hybridized carbons (Fsp3) is 0.609. The summed E-state index contributed by atoms with van der Waals surface area (Å²) in [5.41, 5.74) is 9.73. The first-order chi connectivity index (χ1) is 14.6. The molecule has 1 aliphatic carbocycles. The van der Waals surface area contributed by atoms with E-state index in [1.807, 2.05) is 6.92 Å². The molecule has 0 aromatic carbocycles. The molecule has 0 radical (unpaired) electrons. The van der Waals surface area contributed by atoms with Gasteiger partial charge >= 0.3 is 0 Å². The average Bonchev–Trinajstić information content (AvgIpc) is 2.77. The highest BCUT2D eigenvalue weighted by molar-refractivity contribution is 6.33. The third-order valence-electron chi connectivity index (χ3n) is 6.42. The molecule has 1 aliphatic heterocycles. The minimum atomic E-state index is 0.365. The van der Waals surface area contributed by atoms with Gasteiger partial charge < -0.3 is 15.8 Å². The van der Waals surface area contributed by atoms with Gasteiger partial charge in [-0.1, -0.05) is 11.6 Å². The second-order valence-corrected chi connectivity index (χ2v) is 9.17. The third kappa shape index (κ3) is 5.48. The van der Waals surface area contributed by atoms with E-state index >= 15 is 0 Å². The second kappa shape index (κ2) is 10.0. The fourth-order valence-corrected chi connectivity index (χ4v) is 4.65. The minimum absolute atomic E-state index is 0.365. The molecular formula is C23H32ClN5O. The van der Waals surface area contributed by atoms with E-state index in [0.717, 1.165) is 80.3 Å². The number of ether oxygens (including phenoxy) is 1. The summed E-state index contributed by atoms with van der Waals surface area (Å²) in [6, 6.07) is 2.46. The van der Waals surface area contributed by atoms with Crippen molar-refractivity contribution in [1.82, 2.24) is 15.0 Å². The van der Waals surface area contributed by atoms with Crippen LogP contribution in [0.3, 0.4) is 0 Å². The van der Waals surface area contributed by atoms with Crippen LogP contribution in [0, 0.1) is 18.8 Å². The first-order valence-corrected chi connectivity index (χ1v) is 11.5. The number of anilines is 1. The van der Waals surface area contributed by atoms with Crippen molar-refractivity contribution in [3.63, 3.8) is 0 Å². The van der Waals surface area contributed by atoms with Crippen molar-refractivity contribution >= 4 is 17.4 Å². The Kier molecular flexibility index (Phi) is 7.18. The molecule has 0 bridgehead atoms. The molecule has 7 heteroatoms. The molecule has 3 N–H and O–H groups in total. The van der Waals surface area contributed by atoms with Crippen LogP contribution in [-0.4, -0.2) is 40.8 Å². The number of pyridine rings is 1. The second-order valence-electron chi connectivity index (χ2n) is 8.77. The molecule has 2 aliphatic rings. The van der Waals surface area contributed by atoms with Crippen molar-refractivity contribution in [3.05, 3.63) is 34.9 Å². The number of nitrogens with one attached hydrogen (secondary N) is 1. The maximum Gasteiger partial charge on any atom is 0.145 e. The number of nitrogens with zero attached hydrogens (tertiary/aromatic N) is 3. The molecule has 2 aromatic heterocycles. The molecule has 3 heterocycles. The molecule has 1 saturated carbocycles. The van der Waals surface area contributed by atoms with E-state index in [9.17, 15) is 0 Å². The summed E-state index contributed by atoms with van der Waals surface area (Å²) in [5, 5.41) is 4.07. The first kappa shape index (κ1) is 21.5. The fourth-order valence-electron chi connectivity index (χ4n) is 4.45. The summed E-state index contributed by atoms with van der Waals surface area (Å²) in [5.74, 6) is 2.05. The van der Waals surface area contributed by atoms with Crippen molar-refractivity contribution in [2.24, 2.45) is 17.6 Å². The quantitative estimate of drug-likeness (QED) is 0.707. The van der Waals surface area contributed by atoms with Gasteiger partial charge in [-0.05, 0) is 69.8 Å². The van der Waals surface area contributed by atoms with Gasteiger partial charge in [0.05, 0.1) is 22.6 Å². The summed E-state index contributed by atoms with van der Waals surface area (Å²) in [6.45, 7) is 4.56. The van der Waals surface area contributed by atoms with Crippen molar-refractivity contribution in [1.29, 1.82) is 0 Å². The number of halogens is 1. The zero-order valence-corrected chi connectivity index (χ0v) is 18.5. The van der Waals surface area contributed by atoms with E-state index in [-0.39, 0.29) is 0 Å². The smallest absolute Gasteiger partial charge is 0.145 e. The summed E-state index contributed by atoms with van der Waals surface area (Å²) < 4.78 is 5.45. The van der Waals surface area contributed by atoms with E-state index in [4.69, 9.17) is 27.1 Å². The van der Waals surface area contributed by atoms with Gasteiger partial charge in [-0.3, -0.25) is 9.97 Å². The zero-order valence-electron chi connectivity index (χ0n) is 17.7. The molecule has 4 rings (SSSR count). The Labute approximate surface area is 184 Å². The van der Waals surface area contributed by atoms with Crippen LogP contribution in [0.1, 0.15) is 49.9 Å². The lowest BCUT2D eigenvalue weighted by Gasteiger charge is -2.25. The molecule has 30 heavy (non-hydrogen) atoms. The van der Waals surface area contributed by atoms with E-state index < -0.39 is 0 Å². The predicted molar refractivity (Wildman–Crippen MR) is 121 cm³/mol. The summed E-state index contributed by atoms with van der Waals surface area (Å²) in [4.78, 5) is 14.0. The van der Waals surface area contributed by atoms with Gasteiger partial charge in [0.15, 0.2) is 0 Å². The van der Waals surface area contributed by atoms with Crippen LogP contribution in [0.5, 0.6) is 0 Å². The van der Waals surface area contributed by atoms with Crippen LogP contribution in [0.4, 0.5) is 5.82 Å². The number of nitrogens with two attached hydrogens (primary N) is 1. The van der Waals surface area contributed by atoms with Crippen LogP contribution in [-0.2, 0) is 11.2 Å². The summed E-state index contributed by atoms with van der Waals surface area (Å²) in [7, 11) is 0. The molecule has 2 fully saturated rings. The van der Waals surface area contributed by atoms with E-state index in [0.29, 0.717) is 22.9 Å². The van der Waals surface area contributed by atoms with E-state index in [1.54, 1.807) is 12.4 Å². The topological polar surface area (TPSA) is 86.0 Å². The van der Waals surface area contributed by atoms with Crippen LogP contribution in [0.15, 0.2) is 18.5 Å². The van der Waals surface area contributed by atoms with Gasteiger partial charge in [0.2, 0.25) is 0 Å². The lowest BCUT2D eigenvalue weighted by molar-refractivity contribution is 0.0699. The molecule has 6 nitrogen and oxygen atoms in total. The Morgan fingerprint density at radius 1 is 1.07 bits per heavy atom. The number of hydrogen-bond acceptors (Lipinski definition) is 6. The van der Waals surface area contributed by atoms with E-state index in [2.05, 4.69) is 21.4 Å². The van der Waals surface area contributed by atoms with Crippen molar-refractivity contribution in [3.8, 4) is 11.3 Å². The van der Waals surface area contributed by atoms with Crippen molar-refractivity contribution in [2.75, 3.05) is 25.1 Å². The van der Waals surface area contributed by atoms with Crippen LogP contribution < -0.4 is 11.1 Å². The van der Waals surface area contributed by atoms with Crippen LogP contribution >= 0.6 is 11.6 Å². The highest BCUT2D eigenvalue weighted by Crippen LogP contribution is 2.31. The molecule has 2 aromatic rings. The average molecular weight is 430 g/mol. The number of rotatable bonds is 6. The maximum atomic E-state index is 6.53. The van der Waals surface area contributed by atoms with Crippen LogP contribution in [0.25, 0.3) is 11.3 Å². The SMILES string of the molecule is Cc1ncc(NCC2CCOCC2)nc1-c1cc(CC2CCC(N)CC2)ncc1Cl.